The fourth-order valence-corrected chi connectivity index (χ4v) is 2.94. The van der Waals surface area contributed by atoms with E-state index in [-0.39, 0.29) is 17.8 Å². The summed E-state index contributed by atoms with van der Waals surface area (Å²) in [4.78, 5) is 11.6. The molecule has 0 saturated heterocycles. The van der Waals surface area contributed by atoms with E-state index in [9.17, 15) is 13.2 Å². The average molecular weight is 355 g/mol. The topological polar surface area (TPSA) is 84.5 Å². The van der Waals surface area contributed by atoms with Crippen molar-refractivity contribution < 1.29 is 17.9 Å². The van der Waals surface area contributed by atoms with Crippen molar-refractivity contribution in [1.29, 1.82) is 0 Å². The fraction of sp³-hybridized carbons (Fsp3) is 0.133. The molecular formula is C15H15ClN2O4S. The van der Waals surface area contributed by atoms with Crippen molar-refractivity contribution >= 4 is 33.5 Å². The molecule has 2 rings (SSSR count). The minimum absolute atomic E-state index is 0.0232. The third kappa shape index (κ3) is 4.69. The van der Waals surface area contributed by atoms with Gasteiger partial charge in [0.15, 0.2) is 0 Å². The monoisotopic (exact) mass is 354 g/mol. The van der Waals surface area contributed by atoms with Gasteiger partial charge in [-0.1, -0.05) is 41.9 Å². The third-order valence-corrected chi connectivity index (χ3v) is 4.37. The second-order valence-corrected chi connectivity index (χ2v) is 6.46. The van der Waals surface area contributed by atoms with Crippen LogP contribution in [0, 0.1) is 0 Å². The number of anilines is 1. The summed E-state index contributed by atoms with van der Waals surface area (Å²) in [5.74, 6) is -0.630. The minimum Gasteiger partial charge on any atom is -0.465 e. The lowest BCUT2D eigenvalue weighted by Gasteiger charge is -2.12. The van der Waals surface area contributed by atoms with Gasteiger partial charge in [0.05, 0.1) is 18.4 Å². The quantitative estimate of drug-likeness (QED) is 0.781. The van der Waals surface area contributed by atoms with E-state index in [1.807, 2.05) is 0 Å². The van der Waals surface area contributed by atoms with Crippen molar-refractivity contribution in [2.24, 2.45) is 0 Å². The van der Waals surface area contributed by atoms with E-state index >= 15 is 0 Å². The van der Waals surface area contributed by atoms with Crippen molar-refractivity contribution in [3.8, 4) is 0 Å². The van der Waals surface area contributed by atoms with Crippen LogP contribution in [0.2, 0.25) is 5.02 Å². The number of nitrogens with one attached hydrogen (secondary N) is 2. The van der Waals surface area contributed by atoms with Crippen molar-refractivity contribution in [2.45, 2.75) is 6.54 Å². The largest absolute Gasteiger partial charge is 0.465 e. The number of ether oxygens (including phenoxy) is 1. The summed E-state index contributed by atoms with van der Waals surface area (Å²) < 4.78 is 33.6. The first-order chi connectivity index (χ1) is 10.9. The SMILES string of the molecule is COC(=O)c1ccccc1NS(=O)(=O)NCc1ccccc1Cl. The molecule has 0 heterocycles. The second kappa shape index (κ2) is 7.45. The summed E-state index contributed by atoms with van der Waals surface area (Å²) in [6.07, 6.45) is 0. The van der Waals surface area contributed by atoms with Gasteiger partial charge in [0, 0.05) is 11.6 Å². The fourth-order valence-electron chi connectivity index (χ4n) is 1.86. The zero-order valence-electron chi connectivity index (χ0n) is 12.2. The number of methoxy groups -OCH3 is 1. The van der Waals surface area contributed by atoms with E-state index in [1.165, 1.54) is 19.2 Å². The van der Waals surface area contributed by atoms with Crippen LogP contribution in [0.3, 0.4) is 0 Å². The number of para-hydroxylation sites is 1. The Labute approximate surface area is 139 Å². The number of carbonyl (C=O) groups excluding carboxylic acids is 1. The molecule has 0 amide bonds. The van der Waals surface area contributed by atoms with Crippen LogP contribution in [-0.4, -0.2) is 21.5 Å². The molecule has 0 aliphatic carbocycles. The number of esters is 1. The Kier molecular flexibility index (Phi) is 5.59. The molecule has 8 heteroatoms. The van der Waals surface area contributed by atoms with Gasteiger partial charge < -0.3 is 4.74 Å². The number of benzene rings is 2. The van der Waals surface area contributed by atoms with Gasteiger partial charge in [-0.05, 0) is 23.8 Å². The van der Waals surface area contributed by atoms with E-state index in [4.69, 9.17) is 11.6 Å². The zero-order valence-corrected chi connectivity index (χ0v) is 13.8. The molecule has 6 nitrogen and oxygen atoms in total. The van der Waals surface area contributed by atoms with Crippen LogP contribution in [0.25, 0.3) is 0 Å². The Morgan fingerprint density at radius 2 is 1.78 bits per heavy atom. The molecule has 2 aromatic carbocycles. The third-order valence-electron chi connectivity index (χ3n) is 2.99. The van der Waals surface area contributed by atoms with Gasteiger partial charge in [-0.25, -0.2) is 4.79 Å². The molecule has 2 aromatic rings. The molecule has 0 atom stereocenters. The normalized spacial score (nSPS) is 11.0. The first-order valence-electron chi connectivity index (χ1n) is 6.61. The molecule has 2 N–H and O–H groups in total. The van der Waals surface area contributed by atoms with Gasteiger partial charge in [0.25, 0.3) is 10.2 Å². The average Bonchev–Trinajstić information content (AvgIpc) is 2.53. The first-order valence-corrected chi connectivity index (χ1v) is 8.47. The highest BCUT2D eigenvalue weighted by Crippen LogP contribution is 2.18. The van der Waals surface area contributed by atoms with Crippen LogP contribution in [0.4, 0.5) is 5.69 Å². The highest BCUT2D eigenvalue weighted by molar-refractivity contribution is 7.90. The van der Waals surface area contributed by atoms with E-state index in [1.54, 1.807) is 36.4 Å². The molecule has 0 aliphatic rings. The molecule has 122 valence electrons. The van der Waals surface area contributed by atoms with E-state index in [2.05, 4.69) is 14.2 Å². The van der Waals surface area contributed by atoms with Crippen molar-refractivity contribution in [3.05, 3.63) is 64.7 Å². The number of hydrogen-bond donors (Lipinski definition) is 2. The second-order valence-electron chi connectivity index (χ2n) is 4.56. The molecule has 0 bridgehead atoms. The summed E-state index contributed by atoms with van der Waals surface area (Å²) in [5, 5.41) is 0.463. The summed E-state index contributed by atoms with van der Waals surface area (Å²) in [5.41, 5.74) is 0.893. The highest BCUT2D eigenvalue weighted by atomic mass is 35.5. The van der Waals surface area contributed by atoms with Crippen molar-refractivity contribution in [3.63, 3.8) is 0 Å². The van der Waals surface area contributed by atoms with Crippen LogP contribution in [0.5, 0.6) is 0 Å². The molecule has 0 unspecified atom stereocenters. The maximum Gasteiger partial charge on any atom is 0.339 e. The Balaban J connectivity index is 2.13. The zero-order chi connectivity index (χ0) is 16.9. The van der Waals surface area contributed by atoms with Crippen LogP contribution in [0.15, 0.2) is 48.5 Å². The van der Waals surface area contributed by atoms with Gasteiger partial charge in [-0.2, -0.15) is 13.1 Å². The lowest BCUT2D eigenvalue weighted by molar-refractivity contribution is 0.0602. The van der Waals surface area contributed by atoms with E-state index in [0.717, 1.165) is 0 Å². The smallest absolute Gasteiger partial charge is 0.339 e. The molecule has 0 radical (unpaired) electrons. The van der Waals surface area contributed by atoms with Gasteiger partial charge in [-0.15, -0.1) is 0 Å². The summed E-state index contributed by atoms with van der Waals surface area (Å²) in [6, 6.07) is 13.1. The molecule has 0 aromatic heterocycles. The molecule has 0 saturated carbocycles. The van der Waals surface area contributed by atoms with Gasteiger partial charge in [0.2, 0.25) is 0 Å². The van der Waals surface area contributed by atoms with Crippen LogP contribution in [0.1, 0.15) is 15.9 Å². The van der Waals surface area contributed by atoms with E-state index in [0.29, 0.717) is 10.6 Å². The van der Waals surface area contributed by atoms with Gasteiger partial charge >= 0.3 is 5.97 Å². The van der Waals surface area contributed by atoms with Gasteiger partial charge in [-0.3, -0.25) is 4.72 Å². The molecule has 23 heavy (non-hydrogen) atoms. The maximum absolute atomic E-state index is 12.1. The Morgan fingerprint density at radius 1 is 1.13 bits per heavy atom. The summed E-state index contributed by atoms with van der Waals surface area (Å²) in [7, 11) is -2.65. The molecule has 0 spiro atoms. The lowest BCUT2D eigenvalue weighted by atomic mass is 10.2. The standard InChI is InChI=1S/C15H15ClN2O4S/c1-22-15(19)12-7-3-5-9-14(12)18-23(20,21)17-10-11-6-2-4-8-13(11)16/h2-9,17-18H,10H2,1H3. The number of halogens is 1. The molecule has 0 aliphatic heterocycles. The number of rotatable bonds is 6. The summed E-state index contributed by atoms with van der Waals surface area (Å²) >= 11 is 5.98. The summed E-state index contributed by atoms with van der Waals surface area (Å²) in [6.45, 7) is 0.0232. The van der Waals surface area contributed by atoms with Crippen molar-refractivity contribution in [2.75, 3.05) is 11.8 Å². The maximum atomic E-state index is 12.1. The van der Waals surface area contributed by atoms with E-state index < -0.39 is 16.2 Å². The van der Waals surface area contributed by atoms with Crippen molar-refractivity contribution in [1.82, 2.24) is 4.72 Å². The lowest BCUT2D eigenvalue weighted by Crippen LogP contribution is -2.30. The predicted molar refractivity (Wildman–Crippen MR) is 88.6 cm³/mol. The van der Waals surface area contributed by atoms with Crippen LogP contribution >= 0.6 is 11.6 Å². The predicted octanol–water partition coefficient (Wildman–Crippen LogP) is 2.57. The number of carbonyl (C=O) groups is 1. The Bertz CT molecular complexity index is 809. The first kappa shape index (κ1) is 17.3. The minimum atomic E-state index is -3.88. The van der Waals surface area contributed by atoms with Crippen LogP contribution < -0.4 is 9.44 Å². The highest BCUT2D eigenvalue weighted by Gasteiger charge is 2.16. The Hall–Kier alpha value is -2.09. The molecule has 0 fully saturated rings. The Morgan fingerprint density at radius 3 is 2.48 bits per heavy atom. The number of hydrogen-bond acceptors (Lipinski definition) is 4. The molecular weight excluding hydrogens is 340 g/mol. The van der Waals surface area contributed by atoms with Crippen LogP contribution in [-0.2, 0) is 21.5 Å². The van der Waals surface area contributed by atoms with Gasteiger partial charge in [0.1, 0.15) is 0 Å².